The van der Waals surface area contributed by atoms with Gasteiger partial charge in [-0.2, -0.15) is 0 Å². The molecule has 3 aromatic carbocycles. The van der Waals surface area contributed by atoms with Crippen LogP contribution >= 0.6 is 0 Å². The molecule has 0 unspecified atom stereocenters. The summed E-state index contributed by atoms with van der Waals surface area (Å²) in [5.74, 6) is -1.83. The fraction of sp³-hybridized carbons (Fsp3) is 0.312. The van der Waals surface area contributed by atoms with E-state index in [1.807, 2.05) is 60.7 Å². The summed E-state index contributed by atoms with van der Waals surface area (Å²) in [7, 11) is 1.56. The van der Waals surface area contributed by atoms with Crippen molar-refractivity contribution in [2.45, 2.75) is 50.4 Å². The first-order valence-electron chi connectivity index (χ1n) is 13.7. The summed E-state index contributed by atoms with van der Waals surface area (Å²) < 4.78 is 5.22. The average Bonchev–Trinajstić information content (AvgIpc) is 3.85. The topological polar surface area (TPSA) is 140 Å². The smallest absolute Gasteiger partial charge is 0.289 e. The predicted molar refractivity (Wildman–Crippen MR) is 155 cm³/mol. The lowest BCUT2D eigenvalue weighted by Gasteiger charge is -2.24. The van der Waals surface area contributed by atoms with Gasteiger partial charge in [0.1, 0.15) is 17.8 Å². The van der Waals surface area contributed by atoms with Gasteiger partial charge < -0.3 is 26.4 Å². The minimum Gasteiger partial charge on any atom is -0.497 e. The van der Waals surface area contributed by atoms with E-state index in [0.717, 1.165) is 29.5 Å². The first-order valence-corrected chi connectivity index (χ1v) is 13.7. The summed E-state index contributed by atoms with van der Waals surface area (Å²) in [5.41, 5.74) is 8.49. The summed E-state index contributed by atoms with van der Waals surface area (Å²) in [4.78, 5) is 52.8. The van der Waals surface area contributed by atoms with E-state index in [2.05, 4.69) is 16.0 Å². The van der Waals surface area contributed by atoms with Gasteiger partial charge in [-0.15, -0.1) is 0 Å². The fourth-order valence-electron chi connectivity index (χ4n) is 4.50. The van der Waals surface area contributed by atoms with Crippen LogP contribution < -0.4 is 26.4 Å². The summed E-state index contributed by atoms with van der Waals surface area (Å²) in [5, 5.41) is 8.17. The number of hydrogen-bond acceptors (Lipinski definition) is 6. The quantitative estimate of drug-likeness (QED) is 0.224. The molecule has 1 aliphatic carbocycles. The van der Waals surface area contributed by atoms with Gasteiger partial charge in [-0.1, -0.05) is 72.8 Å². The molecular formula is C32H36N4O5. The van der Waals surface area contributed by atoms with Crippen molar-refractivity contribution in [3.8, 4) is 5.75 Å². The van der Waals surface area contributed by atoms with Gasteiger partial charge in [-0.3, -0.25) is 19.2 Å². The number of ketones is 1. The summed E-state index contributed by atoms with van der Waals surface area (Å²) in [6, 6.07) is 22.6. The molecule has 1 saturated carbocycles. The monoisotopic (exact) mass is 556 g/mol. The van der Waals surface area contributed by atoms with E-state index in [1.165, 1.54) is 0 Å². The minimum atomic E-state index is -1.15. The van der Waals surface area contributed by atoms with Crippen LogP contribution in [0.15, 0.2) is 84.9 Å². The van der Waals surface area contributed by atoms with E-state index in [9.17, 15) is 19.2 Å². The van der Waals surface area contributed by atoms with Crippen LogP contribution in [0.1, 0.15) is 29.5 Å². The van der Waals surface area contributed by atoms with Crippen LogP contribution in [-0.2, 0) is 38.6 Å². The Bertz CT molecular complexity index is 1330. The normalized spacial score (nSPS) is 14.7. The van der Waals surface area contributed by atoms with Gasteiger partial charge in [-0.05, 0) is 47.6 Å². The summed E-state index contributed by atoms with van der Waals surface area (Å²) in [6.07, 6.45) is 2.01. The number of carbonyl (C=O) groups excluding carboxylic acids is 4. The van der Waals surface area contributed by atoms with Crippen molar-refractivity contribution < 1.29 is 23.9 Å². The number of nitrogens with one attached hydrogen (secondary N) is 3. The molecule has 0 radical (unpaired) electrons. The Labute approximate surface area is 239 Å². The van der Waals surface area contributed by atoms with Crippen LogP contribution in [0.25, 0.3) is 0 Å². The number of nitrogens with two attached hydrogens (primary N) is 1. The van der Waals surface area contributed by atoms with E-state index >= 15 is 0 Å². The molecule has 9 heteroatoms. The number of methoxy groups -OCH3 is 1. The van der Waals surface area contributed by atoms with E-state index in [1.54, 1.807) is 31.4 Å². The maximum absolute atomic E-state index is 13.6. The molecule has 5 N–H and O–H groups in total. The second-order valence-electron chi connectivity index (χ2n) is 10.3. The molecule has 0 heterocycles. The number of hydrogen-bond donors (Lipinski definition) is 4. The average molecular weight is 557 g/mol. The third-order valence-electron chi connectivity index (χ3n) is 7.10. The second-order valence-corrected chi connectivity index (χ2v) is 10.3. The van der Waals surface area contributed by atoms with Crippen LogP contribution in [0.2, 0.25) is 0 Å². The Hall–Kier alpha value is -4.50. The zero-order valence-electron chi connectivity index (χ0n) is 23.0. The van der Waals surface area contributed by atoms with Crippen molar-refractivity contribution >= 4 is 23.5 Å². The zero-order valence-corrected chi connectivity index (χ0v) is 23.0. The first kappa shape index (κ1) is 29.5. The Morgan fingerprint density at radius 3 is 1.88 bits per heavy atom. The van der Waals surface area contributed by atoms with Gasteiger partial charge >= 0.3 is 0 Å². The third-order valence-corrected chi connectivity index (χ3v) is 7.10. The largest absolute Gasteiger partial charge is 0.497 e. The van der Waals surface area contributed by atoms with Gasteiger partial charge in [0.25, 0.3) is 5.91 Å². The third kappa shape index (κ3) is 8.74. The lowest BCUT2D eigenvalue weighted by Crippen LogP contribution is -2.57. The Kier molecular flexibility index (Phi) is 10.2. The van der Waals surface area contributed by atoms with E-state index in [0.29, 0.717) is 5.75 Å². The standard InChI is InChI=1S/C32H36N4O5/c1-41-25-16-12-22(13-17-25)19-27(36-31(39)28(33)24-14-15-24)30(38)35-26(18-21-8-4-2-5-9-21)29(37)32(40)34-20-23-10-6-3-7-11-23/h2-13,16-17,24,26-28H,14-15,18-20,33H2,1H3,(H,34,40)(H,35,38)(H,36,39)/t26-,27-,28-/m0/s1. The lowest BCUT2D eigenvalue weighted by atomic mass is 9.99. The van der Waals surface area contributed by atoms with Gasteiger partial charge in [0.15, 0.2) is 0 Å². The van der Waals surface area contributed by atoms with Crippen molar-refractivity contribution in [1.82, 2.24) is 16.0 Å². The number of ether oxygens (including phenoxy) is 1. The predicted octanol–water partition coefficient (Wildman–Crippen LogP) is 2.07. The summed E-state index contributed by atoms with van der Waals surface area (Å²) in [6.45, 7) is 0.173. The van der Waals surface area contributed by atoms with Crippen molar-refractivity contribution in [3.63, 3.8) is 0 Å². The molecule has 1 aliphatic rings. The maximum atomic E-state index is 13.6. The molecule has 3 amide bonds. The molecule has 1 fully saturated rings. The molecule has 41 heavy (non-hydrogen) atoms. The van der Waals surface area contributed by atoms with Crippen molar-refractivity contribution in [1.29, 1.82) is 0 Å². The first-order chi connectivity index (χ1) is 19.8. The Morgan fingerprint density at radius 2 is 1.29 bits per heavy atom. The van der Waals surface area contributed by atoms with Crippen LogP contribution in [0.4, 0.5) is 0 Å². The zero-order chi connectivity index (χ0) is 29.2. The van der Waals surface area contributed by atoms with Gasteiger partial charge in [0.05, 0.1) is 13.2 Å². The van der Waals surface area contributed by atoms with E-state index in [4.69, 9.17) is 10.5 Å². The number of rotatable bonds is 14. The molecular weight excluding hydrogens is 520 g/mol. The van der Waals surface area contributed by atoms with Crippen molar-refractivity contribution in [3.05, 3.63) is 102 Å². The Balaban J connectivity index is 1.51. The minimum absolute atomic E-state index is 0.0976. The van der Waals surface area contributed by atoms with Gasteiger partial charge in [-0.25, -0.2) is 0 Å². The molecule has 0 aliphatic heterocycles. The maximum Gasteiger partial charge on any atom is 0.289 e. The molecule has 4 rings (SSSR count). The number of carbonyl (C=O) groups is 4. The van der Waals surface area contributed by atoms with E-state index in [-0.39, 0.29) is 25.3 Å². The molecule has 0 bridgehead atoms. The fourth-order valence-corrected chi connectivity index (χ4v) is 4.50. The molecule has 0 aromatic heterocycles. The van der Waals surface area contributed by atoms with Crippen LogP contribution in [0, 0.1) is 5.92 Å². The van der Waals surface area contributed by atoms with Crippen molar-refractivity contribution in [2.75, 3.05) is 7.11 Å². The van der Waals surface area contributed by atoms with E-state index < -0.39 is 41.6 Å². The molecule has 0 spiro atoms. The highest BCUT2D eigenvalue weighted by atomic mass is 16.5. The van der Waals surface area contributed by atoms with Crippen LogP contribution in [0.3, 0.4) is 0 Å². The van der Waals surface area contributed by atoms with Gasteiger partial charge in [0, 0.05) is 19.4 Å². The Morgan fingerprint density at radius 1 is 0.756 bits per heavy atom. The molecule has 3 atom stereocenters. The molecule has 0 saturated heterocycles. The lowest BCUT2D eigenvalue weighted by molar-refractivity contribution is -0.140. The van der Waals surface area contributed by atoms with Crippen LogP contribution in [0.5, 0.6) is 5.75 Å². The molecule has 3 aromatic rings. The molecule has 9 nitrogen and oxygen atoms in total. The number of amides is 3. The number of Topliss-reactive ketones (excluding diaryl/α,β-unsaturated/α-hetero) is 1. The van der Waals surface area contributed by atoms with Crippen LogP contribution in [-0.4, -0.2) is 48.7 Å². The highest BCUT2D eigenvalue weighted by molar-refractivity contribution is 6.38. The van der Waals surface area contributed by atoms with Crippen molar-refractivity contribution in [2.24, 2.45) is 11.7 Å². The van der Waals surface area contributed by atoms with Gasteiger partial charge in [0.2, 0.25) is 17.6 Å². The second kappa shape index (κ2) is 14.2. The SMILES string of the molecule is COc1ccc(C[C@H](NC(=O)[C@@H](N)C2CC2)C(=O)N[C@@H](Cc2ccccc2)C(=O)C(=O)NCc2ccccc2)cc1. The number of benzene rings is 3. The summed E-state index contributed by atoms with van der Waals surface area (Å²) >= 11 is 0. The molecule has 214 valence electrons. The highest BCUT2D eigenvalue weighted by Crippen LogP contribution is 2.31. The highest BCUT2D eigenvalue weighted by Gasteiger charge is 2.36.